The molecule has 0 heterocycles. The Hall–Kier alpha value is -2.19. The summed E-state index contributed by atoms with van der Waals surface area (Å²) in [5.41, 5.74) is -1.96. The molecule has 8 heteroatoms. The van der Waals surface area contributed by atoms with Crippen LogP contribution in [0.1, 0.15) is 17.3 Å². The lowest BCUT2D eigenvalue weighted by molar-refractivity contribution is -0.385. The third kappa shape index (κ3) is 3.22. The number of hydrogen-bond donors (Lipinski definition) is 3. The minimum atomic E-state index is -1.29. The summed E-state index contributed by atoms with van der Waals surface area (Å²) in [6, 6.07) is 3.98. The van der Waals surface area contributed by atoms with Crippen LogP contribution in [0.25, 0.3) is 0 Å². The fourth-order valence-electron chi connectivity index (χ4n) is 1.54. The van der Waals surface area contributed by atoms with Crippen LogP contribution in [0.4, 0.5) is 5.69 Å². The Labute approximate surface area is 115 Å². The number of benzene rings is 1. The monoisotopic (exact) mass is 284 g/mol. The number of nitrogens with zero attached hydrogens (tertiary/aromatic N) is 1. The van der Waals surface area contributed by atoms with E-state index < -0.39 is 35.3 Å². The summed E-state index contributed by atoms with van der Waals surface area (Å²) in [6.45, 7) is 0.378. The van der Waals surface area contributed by atoms with Crippen LogP contribution in [-0.2, 0) is 0 Å². The first kappa shape index (κ1) is 15.9. The lowest BCUT2D eigenvalue weighted by Gasteiger charge is -2.26. The maximum Gasteiger partial charge on any atom is 0.285 e. The summed E-state index contributed by atoms with van der Waals surface area (Å²) in [5, 5.41) is 31.6. The largest absolute Gasteiger partial charge is 0.496 e. The molecule has 3 N–H and O–H groups in total. The molecule has 1 amide bonds. The van der Waals surface area contributed by atoms with Crippen molar-refractivity contribution in [3.63, 3.8) is 0 Å². The summed E-state index contributed by atoms with van der Waals surface area (Å²) in [6.07, 6.45) is 0. The van der Waals surface area contributed by atoms with E-state index in [1.54, 1.807) is 0 Å². The molecular weight excluding hydrogens is 268 g/mol. The Morgan fingerprint density at radius 3 is 2.50 bits per heavy atom. The van der Waals surface area contributed by atoms with Crippen molar-refractivity contribution in [1.29, 1.82) is 0 Å². The quantitative estimate of drug-likeness (QED) is 0.502. The Morgan fingerprint density at radius 1 is 1.45 bits per heavy atom. The van der Waals surface area contributed by atoms with Crippen molar-refractivity contribution in [3.8, 4) is 5.75 Å². The molecule has 0 atom stereocenters. The number of rotatable bonds is 6. The van der Waals surface area contributed by atoms with Gasteiger partial charge >= 0.3 is 0 Å². The number of nitro benzene ring substituents is 1. The smallest absolute Gasteiger partial charge is 0.285 e. The molecule has 0 aliphatic heterocycles. The van der Waals surface area contributed by atoms with Crippen LogP contribution in [0.15, 0.2) is 18.2 Å². The molecule has 0 aliphatic rings. The van der Waals surface area contributed by atoms with E-state index in [1.807, 2.05) is 0 Å². The third-order valence-electron chi connectivity index (χ3n) is 2.76. The first-order chi connectivity index (χ1) is 9.38. The van der Waals surface area contributed by atoms with Gasteiger partial charge in [0.1, 0.15) is 5.75 Å². The van der Waals surface area contributed by atoms with Gasteiger partial charge in [0.25, 0.3) is 11.6 Å². The van der Waals surface area contributed by atoms with Crippen molar-refractivity contribution in [3.05, 3.63) is 33.9 Å². The van der Waals surface area contributed by atoms with Crippen LogP contribution >= 0.6 is 0 Å². The second kappa shape index (κ2) is 6.31. The molecule has 0 aliphatic carbocycles. The zero-order valence-corrected chi connectivity index (χ0v) is 11.1. The topological polar surface area (TPSA) is 122 Å². The molecule has 0 unspecified atom stereocenters. The number of nitro groups is 1. The van der Waals surface area contributed by atoms with Crippen LogP contribution in [0, 0.1) is 10.1 Å². The Bertz CT molecular complexity index is 513. The van der Waals surface area contributed by atoms with Crippen molar-refractivity contribution >= 4 is 11.6 Å². The normalized spacial score (nSPS) is 11.0. The number of carbonyl (C=O) groups excluding carboxylic acids is 1. The molecule has 0 spiro atoms. The molecule has 0 radical (unpaired) electrons. The molecule has 1 aromatic carbocycles. The summed E-state index contributed by atoms with van der Waals surface area (Å²) < 4.78 is 4.95. The molecule has 1 rings (SSSR count). The zero-order valence-electron chi connectivity index (χ0n) is 11.1. The van der Waals surface area contributed by atoms with Crippen LogP contribution in [-0.4, -0.2) is 46.9 Å². The number of aliphatic hydroxyl groups excluding tert-OH is 2. The highest BCUT2D eigenvalue weighted by Crippen LogP contribution is 2.28. The lowest BCUT2D eigenvalue weighted by atomic mass is 10.0. The van der Waals surface area contributed by atoms with Gasteiger partial charge in [0, 0.05) is 6.07 Å². The van der Waals surface area contributed by atoms with E-state index in [0.717, 1.165) is 0 Å². The first-order valence-electron chi connectivity index (χ1n) is 5.74. The minimum absolute atomic E-state index is 0.0370. The van der Waals surface area contributed by atoms with Crippen LogP contribution in [0.5, 0.6) is 5.75 Å². The average molecular weight is 284 g/mol. The van der Waals surface area contributed by atoms with Crippen molar-refractivity contribution in [1.82, 2.24) is 5.32 Å². The SMILES string of the molecule is COc1cccc([N+](=O)[O-])c1C(=O)NC(C)(CO)CO. The number of hydrogen-bond acceptors (Lipinski definition) is 6. The van der Waals surface area contributed by atoms with Crippen LogP contribution in [0.3, 0.4) is 0 Å². The predicted octanol–water partition coefficient (Wildman–Crippen LogP) is 0.0765. The predicted molar refractivity (Wildman–Crippen MR) is 69.7 cm³/mol. The number of methoxy groups -OCH3 is 1. The molecule has 0 aromatic heterocycles. The maximum atomic E-state index is 12.2. The second-order valence-electron chi connectivity index (χ2n) is 4.44. The maximum absolute atomic E-state index is 12.2. The Balaban J connectivity index is 3.24. The molecular formula is C12H16N2O6. The van der Waals surface area contributed by atoms with Gasteiger partial charge in [-0.1, -0.05) is 6.07 Å². The van der Waals surface area contributed by atoms with Gasteiger partial charge in [-0.2, -0.15) is 0 Å². The Kier molecular flexibility index (Phi) is 5.00. The van der Waals surface area contributed by atoms with Crippen molar-refractivity contribution in [2.75, 3.05) is 20.3 Å². The van der Waals surface area contributed by atoms with Crippen molar-refractivity contribution in [2.45, 2.75) is 12.5 Å². The lowest BCUT2D eigenvalue weighted by Crippen LogP contribution is -2.51. The van der Waals surface area contributed by atoms with E-state index in [0.29, 0.717) is 0 Å². The summed E-state index contributed by atoms with van der Waals surface area (Å²) in [7, 11) is 1.28. The molecule has 1 aromatic rings. The van der Waals surface area contributed by atoms with Gasteiger partial charge < -0.3 is 20.3 Å². The summed E-state index contributed by atoms with van der Waals surface area (Å²) in [5.74, 6) is -0.769. The van der Waals surface area contributed by atoms with Gasteiger partial charge in [0.15, 0.2) is 5.56 Å². The Morgan fingerprint density at radius 2 is 2.05 bits per heavy atom. The molecule has 20 heavy (non-hydrogen) atoms. The molecule has 8 nitrogen and oxygen atoms in total. The highest BCUT2D eigenvalue weighted by Gasteiger charge is 2.31. The van der Waals surface area contributed by atoms with Gasteiger partial charge in [0.2, 0.25) is 0 Å². The first-order valence-corrected chi connectivity index (χ1v) is 5.74. The van der Waals surface area contributed by atoms with Gasteiger partial charge in [-0.3, -0.25) is 14.9 Å². The summed E-state index contributed by atoms with van der Waals surface area (Å²) >= 11 is 0. The van der Waals surface area contributed by atoms with E-state index in [9.17, 15) is 14.9 Å². The number of aliphatic hydroxyl groups is 2. The highest BCUT2D eigenvalue weighted by molar-refractivity contribution is 6.01. The number of ether oxygens (including phenoxy) is 1. The van der Waals surface area contributed by atoms with Crippen LogP contribution < -0.4 is 10.1 Å². The number of carbonyl (C=O) groups is 1. The third-order valence-corrected chi connectivity index (χ3v) is 2.76. The second-order valence-corrected chi connectivity index (χ2v) is 4.44. The number of amides is 1. The van der Waals surface area contributed by atoms with E-state index >= 15 is 0 Å². The van der Waals surface area contributed by atoms with Gasteiger partial charge in [0.05, 0.1) is 30.8 Å². The zero-order chi connectivity index (χ0) is 15.3. The standard InChI is InChI=1S/C12H16N2O6/c1-12(6-15,7-16)13-11(17)10-8(14(18)19)4-3-5-9(10)20-2/h3-5,15-16H,6-7H2,1-2H3,(H,13,17). The fraction of sp³-hybridized carbons (Fsp3) is 0.417. The van der Waals surface area contributed by atoms with E-state index in [1.165, 1.54) is 32.2 Å². The molecule has 0 fully saturated rings. The van der Waals surface area contributed by atoms with Gasteiger partial charge in [-0.15, -0.1) is 0 Å². The molecule has 0 bridgehead atoms. The summed E-state index contributed by atoms with van der Waals surface area (Å²) in [4.78, 5) is 22.4. The molecule has 110 valence electrons. The van der Waals surface area contributed by atoms with E-state index in [-0.39, 0.29) is 11.3 Å². The number of nitrogens with one attached hydrogen (secondary N) is 1. The van der Waals surface area contributed by atoms with Gasteiger partial charge in [-0.25, -0.2) is 0 Å². The molecule has 0 saturated heterocycles. The van der Waals surface area contributed by atoms with Crippen LogP contribution in [0.2, 0.25) is 0 Å². The van der Waals surface area contributed by atoms with Crippen molar-refractivity contribution < 1.29 is 24.7 Å². The molecule has 0 saturated carbocycles. The van der Waals surface area contributed by atoms with Gasteiger partial charge in [-0.05, 0) is 13.0 Å². The van der Waals surface area contributed by atoms with Crippen molar-refractivity contribution in [2.24, 2.45) is 0 Å². The van der Waals surface area contributed by atoms with E-state index in [4.69, 9.17) is 14.9 Å². The minimum Gasteiger partial charge on any atom is -0.496 e. The highest BCUT2D eigenvalue weighted by atomic mass is 16.6. The fourth-order valence-corrected chi connectivity index (χ4v) is 1.54. The van der Waals surface area contributed by atoms with E-state index in [2.05, 4.69) is 5.32 Å². The average Bonchev–Trinajstić information content (AvgIpc) is 2.45.